The van der Waals surface area contributed by atoms with Gasteiger partial charge in [-0.15, -0.1) is 11.8 Å². The van der Waals surface area contributed by atoms with Gasteiger partial charge in [-0.3, -0.25) is 9.59 Å². The van der Waals surface area contributed by atoms with E-state index in [9.17, 15) is 9.59 Å². The Morgan fingerprint density at radius 2 is 1.50 bits per heavy atom. The molecule has 3 aromatic carbocycles. The number of hydrogen-bond donors (Lipinski definition) is 1. The van der Waals surface area contributed by atoms with Gasteiger partial charge in [0.25, 0.3) is 0 Å². The molecule has 0 aromatic heterocycles. The maximum atomic E-state index is 12.0. The van der Waals surface area contributed by atoms with E-state index in [4.69, 9.17) is 4.74 Å². The summed E-state index contributed by atoms with van der Waals surface area (Å²) in [5, 5.41) is 2.71. The number of benzene rings is 3. The van der Waals surface area contributed by atoms with Crippen molar-refractivity contribution in [3.05, 3.63) is 84.4 Å². The lowest BCUT2D eigenvalue weighted by Gasteiger charge is -2.07. The zero-order valence-corrected chi connectivity index (χ0v) is 16.4. The Morgan fingerprint density at radius 3 is 2.14 bits per heavy atom. The van der Waals surface area contributed by atoms with E-state index in [0.717, 1.165) is 27.3 Å². The number of amides is 1. The van der Waals surface area contributed by atoms with Gasteiger partial charge in [0.2, 0.25) is 5.91 Å². The average molecular weight is 391 g/mol. The quantitative estimate of drug-likeness (QED) is 0.447. The molecule has 4 nitrogen and oxygen atoms in total. The van der Waals surface area contributed by atoms with E-state index in [0.29, 0.717) is 0 Å². The van der Waals surface area contributed by atoms with Crippen molar-refractivity contribution in [2.45, 2.75) is 18.4 Å². The summed E-state index contributed by atoms with van der Waals surface area (Å²) >= 11 is 1.40. The minimum atomic E-state index is -0.261. The number of thioether (sulfide) groups is 1. The van der Waals surface area contributed by atoms with Gasteiger partial charge in [0.1, 0.15) is 6.61 Å². The highest BCUT2D eigenvalue weighted by molar-refractivity contribution is 8.00. The SMILES string of the molecule is CC(=O)Nc1ccc(SCC(=O)OCc2ccc(-c3ccccc3)cc2)cc1. The number of rotatable bonds is 7. The van der Waals surface area contributed by atoms with Crippen LogP contribution < -0.4 is 5.32 Å². The van der Waals surface area contributed by atoms with E-state index in [-0.39, 0.29) is 24.2 Å². The molecule has 0 unspecified atom stereocenters. The summed E-state index contributed by atoms with van der Waals surface area (Å²) in [4.78, 5) is 23.9. The lowest BCUT2D eigenvalue weighted by Crippen LogP contribution is -2.07. The summed E-state index contributed by atoms with van der Waals surface area (Å²) in [6, 6.07) is 25.5. The zero-order chi connectivity index (χ0) is 19.8. The molecule has 0 aliphatic carbocycles. The maximum absolute atomic E-state index is 12.0. The van der Waals surface area contributed by atoms with Gasteiger partial charge in [0.15, 0.2) is 0 Å². The Bertz CT molecular complexity index is 922. The first-order chi connectivity index (χ1) is 13.6. The first-order valence-corrected chi connectivity index (χ1v) is 9.89. The summed E-state index contributed by atoms with van der Waals surface area (Å²) < 4.78 is 5.35. The Morgan fingerprint density at radius 1 is 0.857 bits per heavy atom. The third-order valence-electron chi connectivity index (χ3n) is 3.99. The van der Waals surface area contributed by atoms with Crippen LogP contribution in [0.5, 0.6) is 0 Å². The molecule has 1 N–H and O–H groups in total. The molecule has 142 valence electrons. The molecule has 0 atom stereocenters. The maximum Gasteiger partial charge on any atom is 0.316 e. The van der Waals surface area contributed by atoms with Crippen LogP contribution in [0.3, 0.4) is 0 Å². The van der Waals surface area contributed by atoms with Gasteiger partial charge in [-0.05, 0) is 41.0 Å². The summed E-state index contributed by atoms with van der Waals surface area (Å²) in [6.07, 6.45) is 0. The highest BCUT2D eigenvalue weighted by Crippen LogP contribution is 2.21. The van der Waals surface area contributed by atoms with Crippen molar-refractivity contribution in [1.29, 1.82) is 0 Å². The molecule has 0 aliphatic rings. The van der Waals surface area contributed by atoms with E-state index in [1.165, 1.54) is 18.7 Å². The van der Waals surface area contributed by atoms with Crippen LogP contribution in [0, 0.1) is 0 Å². The van der Waals surface area contributed by atoms with Crippen LogP contribution in [0.15, 0.2) is 83.8 Å². The van der Waals surface area contributed by atoms with Crippen LogP contribution in [0.4, 0.5) is 5.69 Å². The van der Waals surface area contributed by atoms with Gasteiger partial charge in [-0.1, -0.05) is 54.6 Å². The molecule has 0 spiro atoms. The highest BCUT2D eigenvalue weighted by atomic mass is 32.2. The van der Waals surface area contributed by atoms with Gasteiger partial charge < -0.3 is 10.1 Å². The van der Waals surface area contributed by atoms with E-state index >= 15 is 0 Å². The smallest absolute Gasteiger partial charge is 0.316 e. The third-order valence-corrected chi connectivity index (χ3v) is 4.98. The van der Waals surface area contributed by atoms with Crippen LogP contribution >= 0.6 is 11.8 Å². The van der Waals surface area contributed by atoms with Crippen molar-refractivity contribution >= 4 is 29.3 Å². The fraction of sp³-hybridized carbons (Fsp3) is 0.130. The second-order valence-corrected chi connectivity index (χ2v) is 7.27. The molecule has 0 bridgehead atoms. The fourth-order valence-corrected chi connectivity index (χ4v) is 3.31. The molecule has 1 amide bonds. The lowest BCUT2D eigenvalue weighted by atomic mass is 10.0. The van der Waals surface area contributed by atoms with Crippen LogP contribution in [0.25, 0.3) is 11.1 Å². The number of carbonyl (C=O) groups excluding carboxylic acids is 2. The summed E-state index contributed by atoms with van der Waals surface area (Å²) in [6.45, 7) is 1.73. The van der Waals surface area contributed by atoms with Gasteiger partial charge >= 0.3 is 5.97 Å². The standard InChI is InChI=1S/C23H21NO3S/c1-17(25)24-21-11-13-22(14-12-21)28-16-23(26)27-15-18-7-9-20(10-8-18)19-5-3-2-4-6-19/h2-14H,15-16H2,1H3,(H,24,25). The van der Waals surface area contributed by atoms with Crippen molar-refractivity contribution in [3.8, 4) is 11.1 Å². The summed E-state index contributed by atoms with van der Waals surface area (Å²) in [7, 11) is 0. The fourth-order valence-electron chi connectivity index (χ4n) is 2.61. The molecule has 28 heavy (non-hydrogen) atoms. The molecule has 0 saturated heterocycles. The minimum Gasteiger partial charge on any atom is -0.460 e. The van der Waals surface area contributed by atoms with Crippen LogP contribution in [0.2, 0.25) is 0 Å². The topological polar surface area (TPSA) is 55.4 Å². The number of hydrogen-bond acceptors (Lipinski definition) is 4. The van der Waals surface area contributed by atoms with E-state index in [2.05, 4.69) is 17.4 Å². The highest BCUT2D eigenvalue weighted by Gasteiger charge is 2.06. The van der Waals surface area contributed by atoms with E-state index in [1.807, 2.05) is 66.7 Å². The van der Waals surface area contributed by atoms with Gasteiger partial charge in [0.05, 0.1) is 5.75 Å². The number of nitrogens with one attached hydrogen (secondary N) is 1. The molecular weight excluding hydrogens is 370 g/mol. The summed E-state index contributed by atoms with van der Waals surface area (Å²) in [5.41, 5.74) is 3.98. The number of anilines is 1. The van der Waals surface area contributed by atoms with Crippen molar-refractivity contribution in [2.24, 2.45) is 0 Å². The van der Waals surface area contributed by atoms with Crippen LogP contribution in [-0.2, 0) is 20.9 Å². The second-order valence-electron chi connectivity index (χ2n) is 6.22. The van der Waals surface area contributed by atoms with Crippen LogP contribution in [-0.4, -0.2) is 17.6 Å². The largest absolute Gasteiger partial charge is 0.460 e. The van der Waals surface area contributed by atoms with E-state index in [1.54, 1.807) is 0 Å². The molecule has 0 saturated carbocycles. The third kappa shape index (κ3) is 5.99. The molecule has 0 radical (unpaired) electrons. The van der Waals surface area contributed by atoms with Crippen molar-refractivity contribution in [3.63, 3.8) is 0 Å². The minimum absolute atomic E-state index is 0.110. The Balaban J connectivity index is 1.44. The van der Waals surface area contributed by atoms with Gasteiger partial charge in [0, 0.05) is 17.5 Å². The lowest BCUT2D eigenvalue weighted by molar-refractivity contribution is -0.141. The Labute approximate surface area is 168 Å². The molecule has 0 fully saturated rings. The molecule has 3 rings (SSSR count). The molecule has 0 heterocycles. The monoisotopic (exact) mass is 391 g/mol. The van der Waals surface area contributed by atoms with Gasteiger partial charge in [-0.2, -0.15) is 0 Å². The Hall–Kier alpha value is -3.05. The Kier molecular flexibility index (Phi) is 6.87. The predicted octanol–water partition coefficient (Wildman–Crippen LogP) is 5.15. The second kappa shape index (κ2) is 9.76. The molecule has 3 aromatic rings. The zero-order valence-electron chi connectivity index (χ0n) is 15.6. The first-order valence-electron chi connectivity index (χ1n) is 8.90. The summed E-state index contributed by atoms with van der Waals surface area (Å²) in [5.74, 6) is -0.134. The van der Waals surface area contributed by atoms with Gasteiger partial charge in [-0.25, -0.2) is 0 Å². The van der Waals surface area contributed by atoms with Crippen molar-refractivity contribution < 1.29 is 14.3 Å². The molecule has 0 aliphatic heterocycles. The molecule has 5 heteroatoms. The van der Waals surface area contributed by atoms with Crippen molar-refractivity contribution in [2.75, 3.05) is 11.1 Å². The average Bonchev–Trinajstić information content (AvgIpc) is 2.72. The van der Waals surface area contributed by atoms with Crippen molar-refractivity contribution in [1.82, 2.24) is 0 Å². The first kappa shape index (κ1) is 19.7. The van der Waals surface area contributed by atoms with E-state index < -0.39 is 0 Å². The number of esters is 1. The molecular formula is C23H21NO3S. The van der Waals surface area contributed by atoms with Crippen LogP contribution in [0.1, 0.15) is 12.5 Å². The number of ether oxygens (including phenoxy) is 1. The normalized spacial score (nSPS) is 10.3. The predicted molar refractivity (Wildman–Crippen MR) is 113 cm³/mol. The number of carbonyl (C=O) groups is 2.